The summed E-state index contributed by atoms with van der Waals surface area (Å²) in [6.07, 6.45) is 2.17. The maximum atomic E-state index is 11.0. The number of carbonyl (C=O) groups excluding carboxylic acids is 1. The average Bonchev–Trinajstić information content (AvgIpc) is 2.99. The lowest BCUT2D eigenvalue weighted by molar-refractivity contribution is -0.107. The number of aliphatic hydroxyl groups is 1. The molecule has 0 radical (unpaired) electrons. The molecule has 1 amide bonds. The van der Waals surface area contributed by atoms with Gasteiger partial charge in [-0.3, -0.25) is 9.89 Å². The maximum absolute atomic E-state index is 11.0. The van der Waals surface area contributed by atoms with Gasteiger partial charge in [-0.05, 0) is 0 Å². The van der Waals surface area contributed by atoms with Crippen molar-refractivity contribution in [3.8, 4) is 0 Å². The Morgan fingerprint density at radius 2 is 2.41 bits per heavy atom. The maximum Gasteiger partial charge on any atom is 0.222 e. The Kier molecular flexibility index (Phi) is 3.41. The van der Waals surface area contributed by atoms with Crippen LogP contribution in [0.25, 0.3) is 0 Å². The standard InChI is InChI=1S/C10H12N4O3/c15-6-5-11-9-1-2-10(17-9)14(7-16)8-3-4-12-13-8/h1-4,7,11,15H,5-6H2,(H,12,13). The van der Waals surface area contributed by atoms with Crippen LogP contribution in [-0.4, -0.2) is 34.9 Å². The molecular weight excluding hydrogens is 224 g/mol. The van der Waals surface area contributed by atoms with Crippen molar-refractivity contribution in [3.63, 3.8) is 0 Å². The van der Waals surface area contributed by atoms with Crippen molar-refractivity contribution in [1.29, 1.82) is 0 Å². The highest BCUT2D eigenvalue weighted by Gasteiger charge is 2.13. The van der Waals surface area contributed by atoms with E-state index in [1.807, 2.05) is 0 Å². The molecule has 0 bridgehead atoms. The second kappa shape index (κ2) is 5.17. The van der Waals surface area contributed by atoms with E-state index in [2.05, 4.69) is 15.5 Å². The number of carbonyl (C=O) groups is 1. The molecule has 0 aliphatic rings. The van der Waals surface area contributed by atoms with Crippen LogP contribution in [0.15, 0.2) is 28.8 Å². The fourth-order valence-electron chi connectivity index (χ4n) is 1.34. The van der Waals surface area contributed by atoms with Gasteiger partial charge < -0.3 is 14.8 Å². The number of amides is 1. The van der Waals surface area contributed by atoms with E-state index in [4.69, 9.17) is 9.52 Å². The van der Waals surface area contributed by atoms with E-state index >= 15 is 0 Å². The SMILES string of the molecule is O=CN(c1ccn[nH]1)c1ccc(NCCO)o1. The van der Waals surface area contributed by atoms with Crippen molar-refractivity contribution < 1.29 is 14.3 Å². The fraction of sp³-hybridized carbons (Fsp3) is 0.200. The highest BCUT2D eigenvalue weighted by atomic mass is 16.4. The third-order valence-corrected chi connectivity index (χ3v) is 2.09. The lowest BCUT2D eigenvalue weighted by Gasteiger charge is -2.10. The van der Waals surface area contributed by atoms with Gasteiger partial charge in [-0.25, -0.2) is 4.90 Å². The normalized spacial score (nSPS) is 10.2. The first kappa shape index (κ1) is 11.2. The van der Waals surface area contributed by atoms with E-state index in [0.717, 1.165) is 0 Å². The van der Waals surface area contributed by atoms with E-state index in [0.29, 0.717) is 30.5 Å². The number of aromatic nitrogens is 2. The fourth-order valence-corrected chi connectivity index (χ4v) is 1.34. The third kappa shape index (κ3) is 2.45. The lowest BCUT2D eigenvalue weighted by atomic mass is 10.5. The van der Waals surface area contributed by atoms with Crippen molar-refractivity contribution in [1.82, 2.24) is 10.2 Å². The summed E-state index contributed by atoms with van der Waals surface area (Å²) in [5.74, 6) is 1.37. The van der Waals surface area contributed by atoms with Crippen molar-refractivity contribution in [2.45, 2.75) is 0 Å². The van der Waals surface area contributed by atoms with Crippen molar-refractivity contribution in [2.24, 2.45) is 0 Å². The minimum absolute atomic E-state index is 0.00791. The third-order valence-electron chi connectivity index (χ3n) is 2.09. The number of nitrogens with zero attached hydrogens (tertiary/aromatic N) is 2. The Hall–Kier alpha value is -2.28. The Bertz CT molecular complexity index is 466. The number of furan rings is 1. The predicted octanol–water partition coefficient (Wildman–Crippen LogP) is 0.701. The van der Waals surface area contributed by atoms with Crippen LogP contribution in [0.4, 0.5) is 17.6 Å². The molecule has 7 nitrogen and oxygen atoms in total. The average molecular weight is 236 g/mol. The minimum Gasteiger partial charge on any atom is -0.424 e. The van der Waals surface area contributed by atoms with Crippen LogP contribution in [0.5, 0.6) is 0 Å². The van der Waals surface area contributed by atoms with E-state index < -0.39 is 0 Å². The summed E-state index contributed by atoms with van der Waals surface area (Å²) in [6, 6.07) is 4.98. The quantitative estimate of drug-likeness (QED) is 0.642. The molecule has 0 aliphatic heterocycles. The molecule has 2 aromatic rings. The van der Waals surface area contributed by atoms with Crippen molar-refractivity contribution in [3.05, 3.63) is 24.4 Å². The van der Waals surface area contributed by atoms with Gasteiger partial charge in [0.25, 0.3) is 0 Å². The Morgan fingerprint density at radius 1 is 1.53 bits per heavy atom. The molecule has 2 rings (SSSR count). The molecule has 3 N–H and O–H groups in total. The van der Waals surface area contributed by atoms with Gasteiger partial charge in [0.2, 0.25) is 12.3 Å². The molecule has 0 atom stereocenters. The number of aromatic amines is 1. The largest absolute Gasteiger partial charge is 0.424 e. The number of nitrogens with one attached hydrogen (secondary N) is 2. The van der Waals surface area contributed by atoms with Crippen LogP contribution in [0.3, 0.4) is 0 Å². The molecule has 90 valence electrons. The van der Waals surface area contributed by atoms with Crippen molar-refractivity contribution in [2.75, 3.05) is 23.4 Å². The monoisotopic (exact) mass is 236 g/mol. The molecular formula is C10H12N4O3. The Labute approximate surface area is 97.0 Å². The van der Waals surface area contributed by atoms with E-state index in [9.17, 15) is 4.79 Å². The number of rotatable bonds is 6. The molecule has 2 aromatic heterocycles. The zero-order valence-corrected chi connectivity index (χ0v) is 8.96. The molecule has 0 spiro atoms. The summed E-state index contributed by atoms with van der Waals surface area (Å²) < 4.78 is 5.39. The van der Waals surface area contributed by atoms with Gasteiger partial charge >= 0.3 is 0 Å². The molecule has 0 unspecified atom stereocenters. The second-order valence-electron chi connectivity index (χ2n) is 3.21. The van der Waals surface area contributed by atoms with Crippen LogP contribution >= 0.6 is 0 Å². The zero-order valence-electron chi connectivity index (χ0n) is 8.96. The van der Waals surface area contributed by atoms with E-state index in [1.165, 1.54) is 4.90 Å². The summed E-state index contributed by atoms with van der Waals surface area (Å²) in [7, 11) is 0. The summed E-state index contributed by atoms with van der Waals surface area (Å²) in [5.41, 5.74) is 0. The Morgan fingerprint density at radius 3 is 3.06 bits per heavy atom. The summed E-state index contributed by atoms with van der Waals surface area (Å²) >= 11 is 0. The number of H-pyrrole nitrogens is 1. The molecule has 0 fully saturated rings. The number of hydrogen-bond donors (Lipinski definition) is 3. The molecule has 7 heteroatoms. The molecule has 0 saturated heterocycles. The second-order valence-corrected chi connectivity index (χ2v) is 3.21. The highest BCUT2D eigenvalue weighted by Crippen LogP contribution is 2.26. The van der Waals surface area contributed by atoms with Crippen LogP contribution < -0.4 is 10.2 Å². The molecule has 17 heavy (non-hydrogen) atoms. The zero-order chi connectivity index (χ0) is 12.1. The first-order valence-corrected chi connectivity index (χ1v) is 5.03. The lowest BCUT2D eigenvalue weighted by Crippen LogP contribution is -2.13. The van der Waals surface area contributed by atoms with E-state index in [-0.39, 0.29) is 6.61 Å². The van der Waals surface area contributed by atoms with Gasteiger partial charge in [0, 0.05) is 24.7 Å². The predicted molar refractivity (Wildman–Crippen MR) is 61.1 cm³/mol. The van der Waals surface area contributed by atoms with Crippen LogP contribution in [0, 0.1) is 0 Å². The van der Waals surface area contributed by atoms with Crippen LogP contribution in [0.1, 0.15) is 0 Å². The van der Waals surface area contributed by atoms with Gasteiger partial charge in [0.05, 0.1) is 12.8 Å². The summed E-state index contributed by atoms with van der Waals surface area (Å²) in [5, 5.41) is 17.9. The highest BCUT2D eigenvalue weighted by molar-refractivity contribution is 5.82. The Balaban J connectivity index is 2.15. The number of hydrogen-bond acceptors (Lipinski definition) is 5. The van der Waals surface area contributed by atoms with Gasteiger partial charge in [0.1, 0.15) is 5.82 Å². The molecule has 2 heterocycles. The summed E-state index contributed by atoms with van der Waals surface area (Å²) in [6.45, 7) is 0.395. The van der Waals surface area contributed by atoms with Crippen LogP contribution in [0.2, 0.25) is 0 Å². The first-order chi connectivity index (χ1) is 8.35. The first-order valence-electron chi connectivity index (χ1n) is 5.03. The molecule has 0 saturated carbocycles. The van der Waals surface area contributed by atoms with Gasteiger partial charge in [-0.1, -0.05) is 0 Å². The smallest absolute Gasteiger partial charge is 0.222 e. The topological polar surface area (TPSA) is 94.4 Å². The molecule has 0 aromatic carbocycles. The molecule has 0 aliphatic carbocycles. The van der Waals surface area contributed by atoms with Gasteiger partial charge in [-0.15, -0.1) is 0 Å². The van der Waals surface area contributed by atoms with Gasteiger partial charge in [-0.2, -0.15) is 5.10 Å². The minimum atomic E-state index is 0.00791. The van der Waals surface area contributed by atoms with E-state index in [1.54, 1.807) is 24.4 Å². The number of anilines is 3. The van der Waals surface area contributed by atoms with Crippen molar-refractivity contribution >= 4 is 24.0 Å². The number of aliphatic hydroxyl groups excluding tert-OH is 1. The van der Waals surface area contributed by atoms with Gasteiger partial charge in [0.15, 0.2) is 5.88 Å². The van der Waals surface area contributed by atoms with Crippen LogP contribution in [-0.2, 0) is 4.79 Å². The summed E-state index contributed by atoms with van der Waals surface area (Å²) in [4.78, 5) is 12.3.